The smallest absolute Gasteiger partial charge is 0.244 e. The van der Waals surface area contributed by atoms with E-state index >= 15 is 0 Å². The molecule has 0 saturated heterocycles. The summed E-state index contributed by atoms with van der Waals surface area (Å²) in [7, 11) is 0. The van der Waals surface area contributed by atoms with E-state index in [1.54, 1.807) is 4.90 Å². The van der Waals surface area contributed by atoms with Gasteiger partial charge in [-0.3, -0.25) is 9.59 Å². The molecule has 1 N–H and O–H groups in total. The van der Waals surface area contributed by atoms with Crippen molar-refractivity contribution in [3.63, 3.8) is 0 Å². The van der Waals surface area contributed by atoms with Gasteiger partial charge >= 0.3 is 0 Å². The molecule has 27 heavy (non-hydrogen) atoms. The van der Waals surface area contributed by atoms with Crippen molar-refractivity contribution < 1.29 is 9.59 Å². The van der Waals surface area contributed by atoms with E-state index in [0.717, 1.165) is 40.9 Å². The summed E-state index contributed by atoms with van der Waals surface area (Å²) in [5.41, 5.74) is 4.94. The van der Waals surface area contributed by atoms with Crippen LogP contribution in [0.3, 0.4) is 0 Å². The highest BCUT2D eigenvalue weighted by Gasteiger charge is 2.21. The number of rotatable bonds is 7. The average Bonchev–Trinajstić information content (AvgIpc) is 2.65. The molecule has 0 aliphatic carbocycles. The van der Waals surface area contributed by atoms with E-state index in [2.05, 4.69) is 33.0 Å². The third kappa shape index (κ3) is 4.97. The molecular formula is C23H30N2O2. The quantitative estimate of drug-likeness (QED) is 0.755. The molecule has 0 spiro atoms. The van der Waals surface area contributed by atoms with Crippen molar-refractivity contribution in [3.8, 4) is 0 Å². The summed E-state index contributed by atoms with van der Waals surface area (Å²) < 4.78 is 0. The van der Waals surface area contributed by atoms with Crippen molar-refractivity contribution in [2.75, 3.05) is 16.8 Å². The summed E-state index contributed by atoms with van der Waals surface area (Å²) in [5.74, 6) is -0.0120. The van der Waals surface area contributed by atoms with Gasteiger partial charge in [0.05, 0.1) is 5.69 Å². The molecule has 0 aromatic heterocycles. The van der Waals surface area contributed by atoms with Crippen LogP contribution in [0.2, 0.25) is 0 Å². The van der Waals surface area contributed by atoms with Crippen LogP contribution in [0.15, 0.2) is 42.5 Å². The summed E-state index contributed by atoms with van der Waals surface area (Å²) in [4.78, 5) is 26.8. The first-order valence-electron chi connectivity index (χ1n) is 9.66. The number of carbonyl (C=O) groups excluding carboxylic acids is 2. The predicted octanol–water partition coefficient (Wildman–Crippen LogP) is 4.93. The van der Waals surface area contributed by atoms with Crippen molar-refractivity contribution in [1.29, 1.82) is 0 Å². The first-order chi connectivity index (χ1) is 12.9. The average molecular weight is 367 g/mol. The normalized spacial score (nSPS) is 10.7. The minimum Gasteiger partial charge on any atom is -0.324 e. The lowest BCUT2D eigenvalue weighted by Crippen LogP contribution is -2.38. The number of anilines is 2. The van der Waals surface area contributed by atoms with Crippen LogP contribution < -0.4 is 10.2 Å². The number of hydrogen-bond donors (Lipinski definition) is 1. The molecule has 2 aromatic rings. The molecule has 2 aromatic carbocycles. The number of amides is 2. The Balaban J connectivity index is 2.31. The van der Waals surface area contributed by atoms with Gasteiger partial charge in [-0.2, -0.15) is 0 Å². The minimum absolute atomic E-state index is 0.00573. The summed E-state index contributed by atoms with van der Waals surface area (Å²) in [6, 6.07) is 13.9. The second-order valence-corrected chi connectivity index (χ2v) is 7.03. The number of aryl methyl sites for hydroxylation is 2. The molecule has 0 unspecified atom stereocenters. The molecule has 0 fully saturated rings. The maximum Gasteiger partial charge on any atom is 0.244 e. The molecule has 0 atom stereocenters. The topological polar surface area (TPSA) is 49.4 Å². The first kappa shape index (κ1) is 20.7. The largest absolute Gasteiger partial charge is 0.324 e. The van der Waals surface area contributed by atoms with Crippen LogP contribution in [0.25, 0.3) is 0 Å². The summed E-state index contributed by atoms with van der Waals surface area (Å²) in [6.07, 6.45) is 1.62. The fraction of sp³-hybridized carbons (Fsp3) is 0.391. The molecule has 0 aliphatic heterocycles. The fourth-order valence-electron chi connectivity index (χ4n) is 3.36. The zero-order valence-corrected chi connectivity index (χ0v) is 17.0. The molecule has 0 saturated carbocycles. The highest BCUT2D eigenvalue weighted by Crippen LogP contribution is 2.28. The number of para-hydroxylation sites is 2. The minimum atomic E-state index is -0.189. The highest BCUT2D eigenvalue weighted by atomic mass is 16.2. The Labute approximate surface area is 162 Å². The van der Waals surface area contributed by atoms with E-state index in [4.69, 9.17) is 0 Å². The Morgan fingerprint density at radius 2 is 1.56 bits per heavy atom. The van der Waals surface area contributed by atoms with Crippen LogP contribution in [0.4, 0.5) is 11.4 Å². The van der Waals surface area contributed by atoms with Crippen LogP contribution >= 0.6 is 0 Å². The molecule has 0 bridgehead atoms. The Morgan fingerprint density at radius 1 is 0.963 bits per heavy atom. The molecule has 4 heteroatoms. The third-order valence-electron chi connectivity index (χ3n) is 4.77. The van der Waals surface area contributed by atoms with Gasteiger partial charge in [-0.05, 0) is 41.5 Å². The van der Waals surface area contributed by atoms with Gasteiger partial charge in [0.25, 0.3) is 0 Å². The molecule has 4 nitrogen and oxygen atoms in total. The number of carbonyl (C=O) groups is 2. The van der Waals surface area contributed by atoms with Gasteiger partial charge in [-0.15, -0.1) is 0 Å². The van der Waals surface area contributed by atoms with Crippen molar-refractivity contribution in [3.05, 3.63) is 59.2 Å². The van der Waals surface area contributed by atoms with Crippen LogP contribution in [0, 0.1) is 0 Å². The Morgan fingerprint density at radius 3 is 2.07 bits per heavy atom. The highest BCUT2D eigenvalue weighted by molar-refractivity contribution is 6.03. The van der Waals surface area contributed by atoms with E-state index in [1.807, 2.05) is 42.5 Å². The zero-order valence-electron chi connectivity index (χ0n) is 17.0. The van der Waals surface area contributed by atoms with Crippen LogP contribution in [0.5, 0.6) is 0 Å². The van der Waals surface area contributed by atoms with Crippen LogP contribution in [-0.2, 0) is 22.4 Å². The number of benzene rings is 2. The predicted molar refractivity (Wildman–Crippen MR) is 112 cm³/mol. The van der Waals surface area contributed by atoms with Gasteiger partial charge in [0.15, 0.2) is 0 Å². The van der Waals surface area contributed by atoms with Crippen LogP contribution in [-0.4, -0.2) is 18.4 Å². The van der Waals surface area contributed by atoms with E-state index in [-0.39, 0.29) is 18.4 Å². The van der Waals surface area contributed by atoms with E-state index < -0.39 is 0 Å². The molecular weight excluding hydrogens is 336 g/mol. The maximum absolute atomic E-state index is 12.8. The standard InChI is InChI=1S/C23H30N2O2/c1-6-18-11-10-12-19(7-2)23(18)25(17(5)26)15-22(27)24-21-14-9-8-13-20(21)16(3)4/h8-14,16H,6-7,15H2,1-5H3,(H,24,27). The zero-order chi connectivity index (χ0) is 20.0. The van der Waals surface area contributed by atoms with Gasteiger partial charge in [-0.25, -0.2) is 0 Å². The van der Waals surface area contributed by atoms with Crippen molar-refractivity contribution >= 4 is 23.2 Å². The summed E-state index contributed by atoms with van der Waals surface area (Å²) >= 11 is 0. The van der Waals surface area contributed by atoms with Gasteiger partial charge in [0.1, 0.15) is 6.54 Å². The van der Waals surface area contributed by atoms with Gasteiger partial charge < -0.3 is 10.2 Å². The van der Waals surface area contributed by atoms with Crippen molar-refractivity contribution in [1.82, 2.24) is 0 Å². The van der Waals surface area contributed by atoms with Crippen LogP contribution in [0.1, 0.15) is 57.2 Å². The number of nitrogens with zero attached hydrogens (tertiary/aromatic N) is 1. The number of hydrogen-bond acceptors (Lipinski definition) is 2. The molecule has 2 amide bonds. The fourth-order valence-corrected chi connectivity index (χ4v) is 3.36. The van der Waals surface area contributed by atoms with E-state index in [9.17, 15) is 9.59 Å². The molecule has 0 heterocycles. The monoisotopic (exact) mass is 366 g/mol. The lowest BCUT2D eigenvalue weighted by atomic mass is 10.0. The van der Waals surface area contributed by atoms with Gasteiger partial charge in [0, 0.05) is 12.6 Å². The number of nitrogens with one attached hydrogen (secondary N) is 1. The third-order valence-corrected chi connectivity index (χ3v) is 4.77. The lowest BCUT2D eigenvalue weighted by molar-refractivity contribution is -0.120. The summed E-state index contributed by atoms with van der Waals surface area (Å²) in [5, 5.41) is 2.99. The van der Waals surface area contributed by atoms with Crippen molar-refractivity contribution in [2.24, 2.45) is 0 Å². The second kappa shape index (κ2) is 9.36. The Bertz CT molecular complexity index is 790. The molecule has 144 valence electrons. The maximum atomic E-state index is 12.8. The SMILES string of the molecule is CCc1cccc(CC)c1N(CC(=O)Nc1ccccc1C(C)C)C(C)=O. The molecule has 0 radical (unpaired) electrons. The second-order valence-electron chi connectivity index (χ2n) is 7.03. The molecule has 0 aliphatic rings. The Hall–Kier alpha value is -2.62. The van der Waals surface area contributed by atoms with Gasteiger partial charge in [0.2, 0.25) is 11.8 Å². The Kier molecular flexibility index (Phi) is 7.17. The first-order valence-corrected chi connectivity index (χ1v) is 9.66. The van der Waals surface area contributed by atoms with E-state index in [1.165, 1.54) is 6.92 Å². The summed E-state index contributed by atoms with van der Waals surface area (Å²) in [6.45, 7) is 9.84. The van der Waals surface area contributed by atoms with E-state index in [0.29, 0.717) is 5.92 Å². The molecule has 2 rings (SSSR count). The lowest BCUT2D eigenvalue weighted by Gasteiger charge is -2.26. The van der Waals surface area contributed by atoms with Crippen molar-refractivity contribution in [2.45, 2.75) is 53.4 Å². The van der Waals surface area contributed by atoms with Gasteiger partial charge in [-0.1, -0.05) is 64.1 Å².